The van der Waals surface area contributed by atoms with Crippen molar-refractivity contribution in [1.82, 2.24) is 10.3 Å². The summed E-state index contributed by atoms with van der Waals surface area (Å²) < 4.78 is 1.28. The normalized spacial score (nSPS) is 15.0. The van der Waals surface area contributed by atoms with Crippen LogP contribution >= 0.6 is 11.3 Å². The van der Waals surface area contributed by atoms with E-state index in [2.05, 4.69) is 57.3 Å². The minimum atomic E-state index is 0.333. The third-order valence-electron chi connectivity index (χ3n) is 3.39. The van der Waals surface area contributed by atoms with Crippen LogP contribution in [0.1, 0.15) is 51.6 Å². The molecule has 19 heavy (non-hydrogen) atoms. The second-order valence-corrected chi connectivity index (χ2v) is 6.84. The van der Waals surface area contributed by atoms with Gasteiger partial charge in [0.2, 0.25) is 0 Å². The molecule has 2 aromatic rings. The van der Waals surface area contributed by atoms with Gasteiger partial charge >= 0.3 is 0 Å². The van der Waals surface area contributed by atoms with Crippen LogP contribution in [-0.2, 0) is 0 Å². The summed E-state index contributed by atoms with van der Waals surface area (Å²) in [7, 11) is 0. The molecule has 0 aliphatic rings. The Kier molecular flexibility index (Phi) is 4.94. The van der Waals surface area contributed by atoms with Crippen molar-refractivity contribution < 1.29 is 0 Å². The van der Waals surface area contributed by atoms with Gasteiger partial charge in [0.1, 0.15) is 5.01 Å². The predicted molar refractivity (Wildman–Crippen MR) is 84.7 cm³/mol. The molecule has 1 aromatic heterocycles. The van der Waals surface area contributed by atoms with Crippen LogP contribution in [0.15, 0.2) is 24.3 Å². The van der Waals surface area contributed by atoms with Crippen LogP contribution in [0, 0.1) is 5.92 Å². The summed E-state index contributed by atoms with van der Waals surface area (Å²) >= 11 is 1.80. The molecule has 0 radical (unpaired) electrons. The second-order valence-electron chi connectivity index (χ2n) is 5.78. The third kappa shape index (κ3) is 4.02. The lowest BCUT2D eigenvalue weighted by Crippen LogP contribution is -2.29. The van der Waals surface area contributed by atoms with Crippen LogP contribution in [0.25, 0.3) is 10.2 Å². The van der Waals surface area contributed by atoms with Crippen molar-refractivity contribution in [3.05, 3.63) is 29.3 Å². The van der Waals surface area contributed by atoms with Crippen LogP contribution in [0.5, 0.6) is 0 Å². The van der Waals surface area contributed by atoms with Crippen LogP contribution in [0.3, 0.4) is 0 Å². The second kappa shape index (κ2) is 6.49. The van der Waals surface area contributed by atoms with E-state index in [9.17, 15) is 0 Å². The first-order valence-electron chi connectivity index (χ1n) is 7.17. The molecule has 2 atom stereocenters. The Morgan fingerprint density at radius 3 is 2.53 bits per heavy atom. The van der Waals surface area contributed by atoms with Gasteiger partial charge in [-0.2, -0.15) is 0 Å². The largest absolute Gasteiger partial charge is 0.306 e. The quantitative estimate of drug-likeness (QED) is 0.822. The van der Waals surface area contributed by atoms with Gasteiger partial charge in [-0.1, -0.05) is 26.0 Å². The highest BCUT2D eigenvalue weighted by Gasteiger charge is 2.13. The summed E-state index contributed by atoms with van der Waals surface area (Å²) in [4.78, 5) is 4.72. The van der Waals surface area contributed by atoms with E-state index in [0.717, 1.165) is 11.4 Å². The molecule has 0 amide bonds. The van der Waals surface area contributed by atoms with Crippen molar-refractivity contribution in [2.75, 3.05) is 0 Å². The van der Waals surface area contributed by atoms with Gasteiger partial charge in [0.25, 0.3) is 0 Å². The number of thiazole rings is 1. The Morgan fingerprint density at radius 1 is 1.11 bits per heavy atom. The highest BCUT2D eigenvalue weighted by atomic mass is 32.1. The number of hydrogen-bond acceptors (Lipinski definition) is 3. The zero-order chi connectivity index (χ0) is 13.8. The van der Waals surface area contributed by atoms with Crippen molar-refractivity contribution in [3.8, 4) is 0 Å². The Balaban J connectivity index is 1.97. The molecule has 2 unspecified atom stereocenters. The monoisotopic (exact) mass is 276 g/mol. The van der Waals surface area contributed by atoms with Crippen molar-refractivity contribution in [1.29, 1.82) is 0 Å². The SMILES string of the molecule is CC(C)CCC(C)NC(C)c1nc2ccccc2s1. The number of nitrogens with one attached hydrogen (secondary N) is 1. The van der Waals surface area contributed by atoms with E-state index in [4.69, 9.17) is 4.98 Å². The van der Waals surface area contributed by atoms with Crippen LogP contribution < -0.4 is 5.32 Å². The number of fused-ring (bicyclic) bond motifs is 1. The molecule has 0 saturated heterocycles. The maximum atomic E-state index is 4.72. The minimum absolute atomic E-state index is 0.333. The van der Waals surface area contributed by atoms with E-state index in [1.807, 2.05) is 0 Å². The van der Waals surface area contributed by atoms with Gasteiger partial charge in [-0.25, -0.2) is 4.98 Å². The number of para-hydroxylation sites is 1. The maximum Gasteiger partial charge on any atom is 0.111 e. The molecule has 3 heteroatoms. The average molecular weight is 276 g/mol. The summed E-state index contributed by atoms with van der Waals surface area (Å²) in [6.07, 6.45) is 2.51. The van der Waals surface area contributed by atoms with E-state index in [1.165, 1.54) is 22.5 Å². The molecule has 2 nitrogen and oxygen atoms in total. The first-order chi connectivity index (χ1) is 9.06. The van der Waals surface area contributed by atoms with E-state index in [-0.39, 0.29) is 0 Å². The summed E-state index contributed by atoms with van der Waals surface area (Å²) in [5.41, 5.74) is 1.12. The minimum Gasteiger partial charge on any atom is -0.306 e. The van der Waals surface area contributed by atoms with E-state index in [1.54, 1.807) is 11.3 Å². The Labute approximate surface area is 120 Å². The summed E-state index contributed by atoms with van der Waals surface area (Å²) in [6, 6.07) is 9.24. The first kappa shape index (κ1) is 14.5. The maximum absolute atomic E-state index is 4.72. The van der Waals surface area contributed by atoms with Crippen LogP contribution in [0.4, 0.5) is 0 Å². The Morgan fingerprint density at radius 2 is 1.84 bits per heavy atom. The van der Waals surface area contributed by atoms with Gasteiger partial charge in [0, 0.05) is 6.04 Å². The fourth-order valence-corrected chi connectivity index (χ4v) is 3.22. The van der Waals surface area contributed by atoms with Crippen LogP contribution in [0.2, 0.25) is 0 Å². The Hall–Kier alpha value is -0.930. The van der Waals surface area contributed by atoms with Gasteiger partial charge in [0.15, 0.2) is 0 Å². The molecule has 2 rings (SSSR count). The van der Waals surface area contributed by atoms with Gasteiger partial charge in [0.05, 0.1) is 16.3 Å². The van der Waals surface area contributed by atoms with E-state index >= 15 is 0 Å². The molecule has 0 bridgehead atoms. The molecular formula is C16H24N2S. The van der Waals surface area contributed by atoms with Gasteiger partial charge in [-0.3, -0.25) is 0 Å². The van der Waals surface area contributed by atoms with Crippen LogP contribution in [-0.4, -0.2) is 11.0 Å². The molecular weight excluding hydrogens is 252 g/mol. The molecule has 1 N–H and O–H groups in total. The Bertz CT molecular complexity index is 485. The van der Waals surface area contributed by atoms with Gasteiger partial charge < -0.3 is 5.32 Å². The molecule has 1 aromatic carbocycles. The molecule has 0 aliphatic heterocycles. The highest BCUT2D eigenvalue weighted by molar-refractivity contribution is 7.18. The fraction of sp³-hybridized carbons (Fsp3) is 0.562. The molecule has 0 spiro atoms. The number of hydrogen-bond donors (Lipinski definition) is 1. The topological polar surface area (TPSA) is 24.9 Å². The zero-order valence-corrected chi connectivity index (χ0v) is 13.1. The molecule has 0 aliphatic carbocycles. The molecule has 0 saturated carbocycles. The zero-order valence-electron chi connectivity index (χ0n) is 12.3. The predicted octanol–water partition coefficient (Wildman–Crippen LogP) is 4.77. The van der Waals surface area contributed by atoms with Gasteiger partial charge in [-0.15, -0.1) is 11.3 Å². The number of rotatable bonds is 6. The van der Waals surface area contributed by atoms with Crippen molar-refractivity contribution >= 4 is 21.6 Å². The lowest BCUT2D eigenvalue weighted by atomic mass is 10.0. The third-order valence-corrected chi connectivity index (χ3v) is 4.61. The first-order valence-corrected chi connectivity index (χ1v) is 7.99. The fourth-order valence-electron chi connectivity index (χ4n) is 2.24. The lowest BCUT2D eigenvalue weighted by Gasteiger charge is -2.19. The number of nitrogens with zero attached hydrogens (tertiary/aromatic N) is 1. The summed E-state index contributed by atoms with van der Waals surface area (Å²) in [5, 5.41) is 4.85. The standard InChI is InChI=1S/C16H24N2S/c1-11(2)9-10-12(3)17-13(4)16-18-14-7-5-6-8-15(14)19-16/h5-8,11-13,17H,9-10H2,1-4H3. The molecule has 104 valence electrons. The van der Waals surface area contributed by atoms with Gasteiger partial charge in [-0.05, 0) is 44.7 Å². The number of aromatic nitrogens is 1. The smallest absolute Gasteiger partial charge is 0.111 e. The summed E-state index contributed by atoms with van der Waals surface area (Å²) in [5.74, 6) is 0.780. The molecule has 0 fully saturated rings. The lowest BCUT2D eigenvalue weighted by molar-refractivity contribution is 0.416. The van der Waals surface area contributed by atoms with E-state index < -0.39 is 0 Å². The van der Waals surface area contributed by atoms with Crippen molar-refractivity contribution in [2.24, 2.45) is 5.92 Å². The summed E-state index contributed by atoms with van der Waals surface area (Å²) in [6.45, 7) is 9.04. The molecule has 1 heterocycles. The highest BCUT2D eigenvalue weighted by Crippen LogP contribution is 2.26. The average Bonchev–Trinajstić information content (AvgIpc) is 2.80. The van der Waals surface area contributed by atoms with Crippen molar-refractivity contribution in [3.63, 3.8) is 0 Å². The van der Waals surface area contributed by atoms with Crippen molar-refractivity contribution in [2.45, 2.75) is 52.6 Å². The van der Waals surface area contributed by atoms with E-state index in [0.29, 0.717) is 12.1 Å². The number of benzene rings is 1.